The quantitative estimate of drug-likeness (QED) is 0.333. The molecule has 0 amide bonds. The molecule has 0 radical (unpaired) electrons. The predicted molar refractivity (Wildman–Crippen MR) is 114 cm³/mol. The maximum absolute atomic E-state index is 15.0. The van der Waals surface area contributed by atoms with Crippen LogP contribution in [0.2, 0.25) is 5.02 Å². The summed E-state index contributed by atoms with van der Waals surface area (Å²) in [5.74, 6) is -0.279. The second-order valence-electron chi connectivity index (χ2n) is 6.39. The molecule has 2 aromatic carbocycles. The van der Waals surface area contributed by atoms with Crippen LogP contribution in [-0.2, 0) is 0 Å². The van der Waals surface area contributed by atoms with Gasteiger partial charge in [0.25, 0.3) is 11.6 Å². The number of imidazole rings is 1. The van der Waals surface area contributed by atoms with Crippen molar-refractivity contribution in [2.45, 2.75) is 0 Å². The molecule has 0 saturated heterocycles. The van der Waals surface area contributed by atoms with E-state index in [0.717, 1.165) is 0 Å². The van der Waals surface area contributed by atoms with Gasteiger partial charge in [0.15, 0.2) is 11.3 Å². The maximum Gasteiger partial charge on any atom is 0.317 e. The molecule has 0 fully saturated rings. The summed E-state index contributed by atoms with van der Waals surface area (Å²) in [7, 11) is 0. The molecule has 2 heterocycles. The molecule has 0 atom stereocenters. The standard InChI is InChI=1S/C21H12ClFN8/c22-15-8-13(2-1-7-24)9-16(23)18(15)31-19-17(29-20(31)26)11-27-21(30-19)28-14-5-3-12(10-25)4-6-14/h1-6,8-9,11H,(H3,26,27,28,29,30)/p+1. The van der Waals surface area contributed by atoms with Crippen LogP contribution in [0.5, 0.6) is 0 Å². The molecular weight excluding hydrogens is 419 g/mol. The van der Waals surface area contributed by atoms with Gasteiger partial charge < -0.3 is 11.1 Å². The monoisotopic (exact) mass is 431 g/mol. The molecule has 10 heteroatoms. The van der Waals surface area contributed by atoms with Crippen LogP contribution in [0.3, 0.4) is 0 Å². The summed E-state index contributed by atoms with van der Waals surface area (Å²) in [5.41, 5.74) is 8.52. The van der Waals surface area contributed by atoms with Crippen LogP contribution in [0.15, 0.2) is 48.7 Å². The largest absolute Gasteiger partial charge is 0.317 e. The number of aromatic amines is 1. The fourth-order valence-corrected chi connectivity index (χ4v) is 3.31. The predicted octanol–water partition coefficient (Wildman–Crippen LogP) is 3.76. The number of hydrogen-bond acceptors (Lipinski definition) is 6. The van der Waals surface area contributed by atoms with Gasteiger partial charge in [0.1, 0.15) is 5.69 Å². The Morgan fingerprint density at radius 3 is 2.68 bits per heavy atom. The Morgan fingerprint density at radius 1 is 1.23 bits per heavy atom. The molecule has 4 aromatic rings. The van der Waals surface area contributed by atoms with Gasteiger partial charge in [0, 0.05) is 11.8 Å². The van der Waals surface area contributed by atoms with E-state index in [9.17, 15) is 4.39 Å². The Kier molecular flexibility index (Phi) is 5.19. The number of nitrogen functional groups attached to an aromatic ring is 1. The van der Waals surface area contributed by atoms with Crippen molar-refractivity contribution in [3.63, 3.8) is 0 Å². The first-order valence-corrected chi connectivity index (χ1v) is 9.27. The van der Waals surface area contributed by atoms with E-state index in [2.05, 4.69) is 20.3 Å². The van der Waals surface area contributed by atoms with Crippen molar-refractivity contribution in [2.75, 3.05) is 11.1 Å². The smallest absolute Gasteiger partial charge is 0.314 e. The fraction of sp³-hybridized carbons (Fsp3) is 0. The number of nitrogens with two attached hydrogens (primary N) is 1. The first kappa shape index (κ1) is 19.8. The first-order valence-electron chi connectivity index (χ1n) is 8.89. The topological polar surface area (TPSA) is 131 Å². The molecule has 31 heavy (non-hydrogen) atoms. The van der Waals surface area contributed by atoms with Crippen molar-refractivity contribution >= 4 is 46.4 Å². The van der Waals surface area contributed by atoms with Gasteiger partial charge in [-0.25, -0.2) is 9.37 Å². The molecule has 0 aliphatic rings. The third kappa shape index (κ3) is 3.86. The summed E-state index contributed by atoms with van der Waals surface area (Å²) < 4.78 is 16.3. The molecule has 8 nitrogen and oxygen atoms in total. The Labute approximate surface area is 180 Å². The van der Waals surface area contributed by atoms with E-state index in [-0.39, 0.29) is 22.6 Å². The van der Waals surface area contributed by atoms with Crippen LogP contribution < -0.4 is 15.6 Å². The molecule has 0 unspecified atom stereocenters. The van der Waals surface area contributed by atoms with E-state index < -0.39 is 5.82 Å². The van der Waals surface area contributed by atoms with Gasteiger partial charge in [-0.05, 0) is 48.0 Å². The molecule has 0 bridgehead atoms. The number of aromatic nitrogens is 4. The summed E-state index contributed by atoms with van der Waals surface area (Å²) >= 11 is 6.34. The van der Waals surface area contributed by atoms with Crippen LogP contribution in [0.4, 0.5) is 22.0 Å². The Bertz CT molecular complexity index is 1390. The number of allylic oxidation sites excluding steroid dienone is 1. The molecule has 2 aromatic heterocycles. The molecule has 150 valence electrons. The number of benzene rings is 2. The Hall–Kier alpha value is -4.47. The van der Waals surface area contributed by atoms with Crippen LogP contribution in [0.25, 0.3) is 22.9 Å². The van der Waals surface area contributed by atoms with Crippen LogP contribution >= 0.6 is 11.6 Å². The van der Waals surface area contributed by atoms with Crippen LogP contribution in [0.1, 0.15) is 11.1 Å². The van der Waals surface area contributed by atoms with Gasteiger partial charge in [-0.1, -0.05) is 16.6 Å². The van der Waals surface area contributed by atoms with Gasteiger partial charge >= 0.3 is 5.95 Å². The van der Waals surface area contributed by atoms with Gasteiger partial charge in [-0.15, -0.1) is 0 Å². The molecule has 4 rings (SSSR count). The number of nitrogens with zero attached hydrogens (tertiary/aromatic N) is 5. The molecular formula is C21H13ClFN8+. The second-order valence-corrected chi connectivity index (χ2v) is 6.79. The normalized spacial score (nSPS) is 10.8. The van der Waals surface area contributed by atoms with E-state index in [1.165, 1.54) is 35.0 Å². The minimum Gasteiger partial charge on any atom is -0.314 e. The van der Waals surface area contributed by atoms with E-state index in [4.69, 9.17) is 27.9 Å². The van der Waals surface area contributed by atoms with Crippen LogP contribution in [-0.4, -0.2) is 15.0 Å². The van der Waals surface area contributed by atoms with E-state index in [1.807, 2.05) is 12.1 Å². The van der Waals surface area contributed by atoms with Crippen LogP contribution in [0, 0.1) is 28.5 Å². The number of rotatable bonds is 4. The summed E-state index contributed by atoms with van der Waals surface area (Å²) in [5, 5.41) is 20.7. The van der Waals surface area contributed by atoms with Crippen molar-refractivity contribution in [1.82, 2.24) is 15.0 Å². The minimum atomic E-state index is -0.636. The lowest BCUT2D eigenvalue weighted by atomic mass is 10.2. The molecule has 4 N–H and O–H groups in total. The summed E-state index contributed by atoms with van der Waals surface area (Å²) in [6.07, 6.45) is 4.19. The zero-order valence-corrected chi connectivity index (χ0v) is 16.5. The van der Waals surface area contributed by atoms with Crippen molar-refractivity contribution < 1.29 is 8.96 Å². The fourth-order valence-electron chi connectivity index (χ4n) is 3.01. The lowest BCUT2D eigenvalue weighted by molar-refractivity contribution is -0.555. The van der Waals surface area contributed by atoms with Gasteiger partial charge in [0.2, 0.25) is 0 Å². The highest BCUT2D eigenvalue weighted by Gasteiger charge is 2.24. The van der Waals surface area contributed by atoms with E-state index in [0.29, 0.717) is 28.0 Å². The first-order chi connectivity index (χ1) is 15.0. The summed E-state index contributed by atoms with van der Waals surface area (Å²) in [4.78, 5) is 11.6. The molecule has 0 aliphatic heterocycles. The number of nitrogens with one attached hydrogen (secondary N) is 2. The average molecular weight is 432 g/mol. The van der Waals surface area contributed by atoms with Gasteiger partial charge in [-0.3, -0.25) is 4.98 Å². The van der Waals surface area contributed by atoms with E-state index >= 15 is 0 Å². The van der Waals surface area contributed by atoms with E-state index in [1.54, 1.807) is 24.3 Å². The number of hydrogen-bond donors (Lipinski definition) is 3. The second kappa shape index (κ2) is 8.11. The number of anilines is 3. The molecule has 0 aliphatic carbocycles. The third-order valence-corrected chi connectivity index (χ3v) is 4.66. The van der Waals surface area contributed by atoms with Crippen molar-refractivity contribution in [3.05, 3.63) is 70.6 Å². The Balaban J connectivity index is 1.79. The lowest BCUT2D eigenvalue weighted by Crippen LogP contribution is -2.35. The van der Waals surface area contributed by atoms with Gasteiger partial charge in [-0.2, -0.15) is 15.1 Å². The SMILES string of the molecule is N#CC=Cc1cc(F)c(-[n+]2c(N)[nH]c3cnc(Nc4ccc(C#N)cc4)nc32)c(Cl)c1. The number of fused-ring (bicyclic) bond motifs is 1. The number of halogens is 2. The zero-order valence-electron chi connectivity index (χ0n) is 15.8. The Morgan fingerprint density at radius 2 is 2.00 bits per heavy atom. The highest BCUT2D eigenvalue weighted by atomic mass is 35.5. The average Bonchev–Trinajstić information content (AvgIpc) is 3.07. The van der Waals surface area contributed by atoms with Crippen molar-refractivity contribution in [3.8, 4) is 17.8 Å². The zero-order chi connectivity index (χ0) is 22.0. The molecule has 0 saturated carbocycles. The number of H-pyrrole nitrogens is 1. The van der Waals surface area contributed by atoms with Crippen molar-refractivity contribution in [1.29, 1.82) is 10.5 Å². The summed E-state index contributed by atoms with van der Waals surface area (Å²) in [6, 6.07) is 13.4. The highest BCUT2D eigenvalue weighted by Crippen LogP contribution is 2.25. The van der Waals surface area contributed by atoms with Crippen molar-refractivity contribution in [2.24, 2.45) is 0 Å². The maximum atomic E-state index is 15.0. The number of nitriles is 2. The third-order valence-electron chi connectivity index (χ3n) is 4.37. The lowest BCUT2D eigenvalue weighted by Gasteiger charge is -2.07. The van der Waals surface area contributed by atoms with Gasteiger partial charge in [0.05, 0.1) is 28.9 Å². The highest BCUT2D eigenvalue weighted by molar-refractivity contribution is 6.32. The minimum absolute atomic E-state index is 0.0162. The molecule has 0 spiro atoms. The summed E-state index contributed by atoms with van der Waals surface area (Å²) in [6.45, 7) is 0.